The van der Waals surface area contributed by atoms with Crippen molar-refractivity contribution in [2.45, 2.75) is 6.92 Å². The number of amides is 1. The molecule has 0 radical (unpaired) electrons. The number of esters is 1. The maximum absolute atomic E-state index is 12.1. The number of nitrogens with zero attached hydrogens (tertiary/aromatic N) is 2. The summed E-state index contributed by atoms with van der Waals surface area (Å²) in [6.45, 7) is 1.51. The van der Waals surface area contributed by atoms with Gasteiger partial charge in [0.1, 0.15) is 16.9 Å². The predicted molar refractivity (Wildman–Crippen MR) is 112 cm³/mol. The molecule has 29 heavy (non-hydrogen) atoms. The molecular weight excluding hydrogens is 466 g/mol. The molecular formula is C17H14Cl4N4O4. The zero-order valence-corrected chi connectivity index (χ0v) is 17.9. The molecule has 0 unspecified atom stereocenters. The number of hydroxylamine groups is 1. The van der Waals surface area contributed by atoms with Crippen LogP contribution in [0.2, 0.25) is 20.4 Å². The van der Waals surface area contributed by atoms with E-state index >= 15 is 0 Å². The molecule has 2 N–H and O–H groups in total. The van der Waals surface area contributed by atoms with Gasteiger partial charge < -0.3 is 9.57 Å². The highest BCUT2D eigenvalue weighted by atomic mass is 35.5. The van der Waals surface area contributed by atoms with Gasteiger partial charge in [-0.05, 0) is 31.2 Å². The SMILES string of the molecule is CCOC(=O)CN=C(NOC(=O)Nc1cc(Cl)nc(Cl)c1)c1c(Cl)cccc1Cl. The summed E-state index contributed by atoms with van der Waals surface area (Å²) in [5, 5.41) is 3.02. The van der Waals surface area contributed by atoms with Gasteiger partial charge in [-0.15, -0.1) is 0 Å². The number of halogens is 4. The van der Waals surface area contributed by atoms with Gasteiger partial charge in [-0.3, -0.25) is 15.1 Å². The standard InChI is InChI=1S/C17H14Cl4N4O4/c1-2-28-14(26)8-22-16(15-10(18)4-3-5-11(15)19)25-29-17(27)23-9-6-12(20)24-13(21)7-9/h3-7H,2,8H2,1H3,(H,22,25)(H,23,24,27). The number of carbonyl (C=O) groups excluding carboxylic acids is 2. The van der Waals surface area contributed by atoms with Crippen LogP contribution < -0.4 is 10.8 Å². The van der Waals surface area contributed by atoms with Crippen molar-refractivity contribution in [2.24, 2.45) is 4.99 Å². The number of ether oxygens (including phenoxy) is 1. The van der Waals surface area contributed by atoms with Crippen molar-refractivity contribution >= 4 is 70.0 Å². The Bertz CT molecular complexity index is 899. The van der Waals surface area contributed by atoms with Crippen LogP contribution in [0.4, 0.5) is 10.5 Å². The second-order valence-electron chi connectivity index (χ2n) is 5.18. The summed E-state index contributed by atoms with van der Waals surface area (Å²) in [7, 11) is 0. The van der Waals surface area contributed by atoms with Gasteiger partial charge in [0.25, 0.3) is 0 Å². The van der Waals surface area contributed by atoms with E-state index in [4.69, 9.17) is 56.0 Å². The Morgan fingerprint density at radius 2 is 1.72 bits per heavy atom. The highest BCUT2D eigenvalue weighted by molar-refractivity contribution is 6.40. The van der Waals surface area contributed by atoms with Crippen molar-refractivity contribution < 1.29 is 19.2 Å². The number of amidine groups is 1. The highest BCUT2D eigenvalue weighted by Crippen LogP contribution is 2.24. The number of hydrogen-bond donors (Lipinski definition) is 2. The maximum Gasteiger partial charge on any atom is 0.435 e. The van der Waals surface area contributed by atoms with Crippen LogP contribution in [0.1, 0.15) is 12.5 Å². The third kappa shape index (κ3) is 7.25. The van der Waals surface area contributed by atoms with Crippen molar-refractivity contribution in [3.63, 3.8) is 0 Å². The molecule has 154 valence electrons. The van der Waals surface area contributed by atoms with Crippen LogP contribution in [-0.2, 0) is 14.4 Å². The third-order valence-electron chi connectivity index (χ3n) is 3.12. The zero-order chi connectivity index (χ0) is 21.4. The van der Waals surface area contributed by atoms with Crippen molar-refractivity contribution in [3.05, 3.63) is 56.2 Å². The fraction of sp³-hybridized carbons (Fsp3) is 0.176. The monoisotopic (exact) mass is 478 g/mol. The molecule has 0 aliphatic carbocycles. The average molecular weight is 480 g/mol. The molecule has 0 saturated heterocycles. The molecule has 1 aromatic carbocycles. The molecule has 0 atom stereocenters. The Labute approximate surface area is 186 Å². The Morgan fingerprint density at radius 3 is 2.31 bits per heavy atom. The lowest BCUT2D eigenvalue weighted by molar-refractivity contribution is -0.141. The summed E-state index contributed by atoms with van der Waals surface area (Å²) in [6, 6.07) is 7.49. The molecule has 0 aliphatic heterocycles. The number of aromatic nitrogens is 1. The summed E-state index contributed by atoms with van der Waals surface area (Å²) >= 11 is 23.9. The molecule has 0 fully saturated rings. The van der Waals surface area contributed by atoms with E-state index in [-0.39, 0.29) is 50.6 Å². The summed E-state index contributed by atoms with van der Waals surface area (Å²) in [5.74, 6) is -0.630. The Kier molecular flexibility index (Phi) is 8.78. The normalized spacial score (nSPS) is 11.0. The van der Waals surface area contributed by atoms with Crippen molar-refractivity contribution in [3.8, 4) is 0 Å². The quantitative estimate of drug-likeness (QED) is 0.211. The number of aliphatic imine (C=N–C) groups is 1. The van der Waals surface area contributed by atoms with Crippen molar-refractivity contribution in [2.75, 3.05) is 18.5 Å². The molecule has 1 aromatic heterocycles. The lowest BCUT2D eigenvalue weighted by Gasteiger charge is -2.13. The van der Waals surface area contributed by atoms with E-state index in [0.29, 0.717) is 0 Å². The second kappa shape index (κ2) is 11.1. The zero-order valence-electron chi connectivity index (χ0n) is 14.8. The first-order valence-corrected chi connectivity index (χ1v) is 9.52. The summed E-state index contributed by atoms with van der Waals surface area (Å²) < 4.78 is 4.82. The molecule has 0 aliphatic rings. The van der Waals surface area contributed by atoms with Crippen molar-refractivity contribution in [1.29, 1.82) is 0 Å². The van der Waals surface area contributed by atoms with Crippen LogP contribution in [-0.4, -0.2) is 36.0 Å². The molecule has 1 heterocycles. The minimum atomic E-state index is -0.921. The minimum Gasteiger partial charge on any atom is -0.465 e. The summed E-state index contributed by atoms with van der Waals surface area (Å²) in [4.78, 5) is 36.4. The first kappa shape index (κ1) is 23.0. The lowest BCUT2D eigenvalue weighted by atomic mass is 10.2. The lowest BCUT2D eigenvalue weighted by Crippen LogP contribution is -2.31. The van der Waals surface area contributed by atoms with Crippen LogP contribution in [0.3, 0.4) is 0 Å². The van der Waals surface area contributed by atoms with Crippen LogP contribution in [0, 0.1) is 0 Å². The fourth-order valence-electron chi connectivity index (χ4n) is 2.01. The molecule has 12 heteroatoms. The third-order valence-corrected chi connectivity index (χ3v) is 4.14. The van der Waals surface area contributed by atoms with E-state index in [9.17, 15) is 9.59 Å². The molecule has 2 aromatic rings. The van der Waals surface area contributed by atoms with Crippen LogP contribution in [0.15, 0.2) is 35.3 Å². The Hall–Kier alpha value is -2.26. The fourth-order valence-corrected chi connectivity index (χ4v) is 3.05. The molecule has 0 saturated carbocycles. The van der Waals surface area contributed by atoms with E-state index in [1.165, 1.54) is 12.1 Å². The van der Waals surface area contributed by atoms with Gasteiger partial charge in [-0.25, -0.2) is 9.78 Å². The number of benzene rings is 1. The van der Waals surface area contributed by atoms with E-state index in [1.54, 1.807) is 25.1 Å². The topological polar surface area (TPSA) is 102 Å². The second-order valence-corrected chi connectivity index (χ2v) is 6.77. The molecule has 0 bridgehead atoms. The number of carbonyl (C=O) groups is 2. The molecule has 0 spiro atoms. The number of nitrogens with one attached hydrogen (secondary N) is 2. The van der Waals surface area contributed by atoms with E-state index in [1.807, 2.05) is 0 Å². The van der Waals surface area contributed by atoms with E-state index in [0.717, 1.165) is 0 Å². The van der Waals surface area contributed by atoms with Crippen molar-refractivity contribution in [1.82, 2.24) is 10.5 Å². The number of pyridine rings is 1. The first-order chi connectivity index (χ1) is 13.8. The number of hydrogen-bond acceptors (Lipinski definition) is 6. The summed E-state index contributed by atoms with van der Waals surface area (Å²) in [6.07, 6.45) is -0.921. The predicted octanol–water partition coefficient (Wildman–Crippen LogP) is 4.76. The van der Waals surface area contributed by atoms with Crippen LogP contribution >= 0.6 is 46.4 Å². The van der Waals surface area contributed by atoms with Gasteiger partial charge in [0.2, 0.25) is 0 Å². The smallest absolute Gasteiger partial charge is 0.435 e. The largest absolute Gasteiger partial charge is 0.465 e. The molecule has 1 amide bonds. The number of rotatable bonds is 5. The van der Waals surface area contributed by atoms with E-state index in [2.05, 4.69) is 20.8 Å². The van der Waals surface area contributed by atoms with Gasteiger partial charge in [0, 0.05) is 0 Å². The molecule has 2 rings (SSSR count). The Balaban J connectivity index is 2.15. The van der Waals surface area contributed by atoms with Gasteiger partial charge in [0.15, 0.2) is 5.84 Å². The molecule has 8 nitrogen and oxygen atoms in total. The van der Waals surface area contributed by atoms with Gasteiger partial charge in [-0.1, -0.05) is 52.5 Å². The van der Waals surface area contributed by atoms with Gasteiger partial charge >= 0.3 is 12.1 Å². The van der Waals surface area contributed by atoms with Gasteiger partial charge in [0.05, 0.1) is 27.9 Å². The first-order valence-electron chi connectivity index (χ1n) is 8.01. The Morgan fingerprint density at radius 1 is 1.10 bits per heavy atom. The van der Waals surface area contributed by atoms with Crippen LogP contribution in [0.25, 0.3) is 0 Å². The maximum atomic E-state index is 12.1. The minimum absolute atomic E-state index is 0.0467. The number of anilines is 1. The van der Waals surface area contributed by atoms with Gasteiger partial charge in [-0.2, -0.15) is 5.48 Å². The van der Waals surface area contributed by atoms with E-state index < -0.39 is 12.1 Å². The average Bonchev–Trinajstić information content (AvgIpc) is 2.62. The highest BCUT2D eigenvalue weighted by Gasteiger charge is 2.16. The summed E-state index contributed by atoms with van der Waals surface area (Å²) in [5.41, 5.74) is 2.84. The van der Waals surface area contributed by atoms with Crippen LogP contribution in [0.5, 0.6) is 0 Å².